The third kappa shape index (κ3) is 3.35. The summed E-state index contributed by atoms with van der Waals surface area (Å²) in [5.74, 6) is 2.32. The van der Waals surface area contributed by atoms with Crippen molar-refractivity contribution < 1.29 is 4.79 Å². The van der Waals surface area contributed by atoms with Gasteiger partial charge in [-0.15, -0.1) is 17.8 Å². The molecule has 1 heterocycles. The molecule has 0 aliphatic heterocycles. The first-order chi connectivity index (χ1) is 9.61. The minimum atomic E-state index is -0.0709. The van der Waals surface area contributed by atoms with E-state index < -0.39 is 0 Å². The van der Waals surface area contributed by atoms with Crippen LogP contribution in [0.3, 0.4) is 0 Å². The number of fused-ring (bicyclic) bond motifs is 1. The number of terminal acetylenes is 1. The first-order valence-electron chi connectivity index (χ1n) is 6.37. The van der Waals surface area contributed by atoms with Crippen molar-refractivity contribution >= 4 is 27.5 Å². The van der Waals surface area contributed by atoms with E-state index in [1.165, 1.54) is 4.70 Å². The van der Waals surface area contributed by atoms with Crippen LogP contribution in [0.1, 0.15) is 18.0 Å². The maximum Gasteiger partial charge on any atom is 0.234 e. The van der Waals surface area contributed by atoms with Gasteiger partial charge in [-0.25, -0.2) is 4.98 Å². The highest BCUT2D eigenvalue weighted by Gasteiger charge is 2.18. The van der Waals surface area contributed by atoms with E-state index in [1.54, 1.807) is 11.3 Å². The summed E-state index contributed by atoms with van der Waals surface area (Å²) in [4.78, 5) is 18.2. The van der Waals surface area contributed by atoms with Gasteiger partial charge in [0.2, 0.25) is 5.91 Å². The van der Waals surface area contributed by atoms with Crippen LogP contribution in [0.25, 0.3) is 10.2 Å². The summed E-state index contributed by atoms with van der Waals surface area (Å²) in [7, 11) is 1.91. The minimum absolute atomic E-state index is 0.0709. The number of para-hydroxylation sites is 1. The fourth-order valence-corrected chi connectivity index (χ4v) is 2.91. The van der Waals surface area contributed by atoms with Crippen molar-refractivity contribution in [3.05, 3.63) is 29.3 Å². The van der Waals surface area contributed by atoms with Crippen LogP contribution in [-0.2, 0) is 4.79 Å². The number of carbonyl (C=O) groups is 1. The van der Waals surface area contributed by atoms with Crippen molar-refractivity contribution in [3.8, 4) is 12.3 Å². The molecule has 5 heteroatoms. The van der Waals surface area contributed by atoms with Gasteiger partial charge in [0.05, 0.1) is 29.3 Å². The second-order valence-electron chi connectivity index (χ2n) is 4.59. The highest BCUT2D eigenvalue weighted by molar-refractivity contribution is 7.18. The van der Waals surface area contributed by atoms with Gasteiger partial charge in [-0.05, 0) is 26.1 Å². The van der Waals surface area contributed by atoms with Crippen LogP contribution in [0.5, 0.6) is 0 Å². The molecule has 20 heavy (non-hydrogen) atoms. The normalized spacial score (nSPS) is 12.3. The molecule has 1 amide bonds. The molecule has 0 saturated heterocycles. The van der Waals surface area contributed by atoms with E-state index in [-0.39, 0.29) is 18.5 Å². The Bertz CT molecular complexity index is 611. The molecule has 1 atom stereocenters. The van der Waals surface area contributed by atoms with Crippen LogP contribution < -0.4 is 5.32 Å². The van der Waals surface area contributed by atoms with E-state index in [4.69, 9.17) is 6.42 Å². The van der Waals surface area contributed by atoms with Gasteiger partial charge in [-0.1, -0.05) is 18.1 Å². The number of carbonyl (C=O) groups excluding carboxylic acids is 1. The fourth-order valence-electron chi connectivity index (χ4n) is 1.83. The highest BCUT2D eigenvalue weighted by Crippen LogP contribution is 2.28. The first kappa shape index (κ1) is 14.5. The minimum Gasteiger partial charge on any atom is -0.344 e. The van der Waals surface area contributed by atoms with Crippen LogP contribution in [0.2, 0.25) is 0 Å². The van der Waals surface area contributed by atoms with Crippen LogP contribution in [0.4, 0.5) is 0 Å². The van der Waals surface area contributed by atoms with Crippen molar-refractivity contribution in [1.29, 1.82) is 0 Å². The molecule has 0 bridgehead atoms. The highest BCUT2D eigenvalue weighted by atomic mass is 32.1. The maximum atomic E-state index is 11.7. The van der Waals surface area contributed by atoms with Crippen LogP contribution >= 0.6 is 11.3 Å². The maximum absolute atomic E-state index is 11.7. The molecule has 0 aliphatic carbocycles. The Kier molecular flexibility index (Phi) is 4.72. The Morgan fingerprint density at radius 2 is 2.30 bits per heavy atom. The largest absolute Gasteiger partial charge is 0.344 e. The van der Waals surface area contributed by atoms with Gasteiger partial charge >= 0.3 is 0 Å². The number of nitrogens with zero attached hydrogens (tertiary/aromatic N) is 2. The van der Waals surface area contributed by atoms with Gasteiger partial charge in [0.1, 0.15) is 5.01 Å². The zero-order chi connectivity index (χ0) is 14.5. The zero-order valence-corrected chi connectivity index (χ0v) is 12.4. The molecule has 1 aromatic carbocycles. The quantitative estimate of drug-likeness (QED) is 0.856. The number of rotatable bonds is 5. The number of thiazole rings is 1. The molecular weight excluding hydrogens is 270 g/mol. The van der Waals surface area contributed by atoms with Crippen LogP contribution in [0, 0.1) is 12.3 Å². The van der Waals surface area contributed by atoms with Crippen molar-refractivity contribution in [2.45, 2.75) is 13.0 Å². The average Bonchev–Trinajstić information content (AvgIpc) is 2.87. The molecule has 2 aromatic rings. The van der Waals surface area contributed by atoms with Crippen molar-refractivity contribution in [1.82, 2.24) is 15.2 Å². The lowest BCUT2D eigenvalue weighted by Gasteiger charge is -2.21. The SMILES string of the molecule is C#CCNC(=O)CN(C)[C@H](C)c1nc2ccccc2s1. The van der Waals surface area contributed by atoms with Crippen molar-refractivity contribution in [2.75, 3.05) is 20.1 Å². The lowest BCUT2D eigenvalue weighted by atomic mass is 10.3. The molecule has 4 nitrogen and oxygen atoms in total. The Morgan fingerprint density at radius 3 is 3.00 bits per heavy atom. The Balaban J connectivity index is 2.04. The van der Waals surface area contributed by atoms with Crippen LogP contribution in [0.15, 0.2) is 24.3 Å². The summed E-state index contributed by atoms with van der Waals surface area (Å²) in [6.45, 7) is 2.62. The lowest BCUT2D eigenvalue weighted by Crippen LogP contribution is -2.36. The third-order valence-corrected chi connectivity index (χ3v) is 4.32. The molecule has 104 valence electrons. The molecule has 0 saturated carbocycles. The van der Waals surface area contributed by atoms with E-state index in [2.05, 4.69) is 22.3 Å². The third-order valence-electron chi connectivity index (χ3n) is 3.11. The Labute approximate surface area is 122 Å². The summed E-state index contributed by atoms with van der Waals surface area (Å²) < 4.78 is 1.17. The van der Waals surface area contributed by atoms with Gasteiger partial charge in [0, 0.05) is 0 Å². The van der Waals surface area contributed by atoms with Crippen molar-refractivity contribution in [2.24, 2.45) is 0 Å². The van der Waals surface area contributed by atoms with Gasteiger partial charge in [-0.3, -0.25) is 9.69 Å². The molecule has 0 spiro atoms. The van der Waals surface area contributed by atoms with Gasteiger partial charge in [-0.2, -0.15) is 0 Å². The monoisotopic (exact) mass is 287 g/mol. The summed E-state index contributed by atoms with van der Waals surface area (Å²) in [5, 5.41) is 3.67. The molecule has 0 unspecified atom stereocenters. The number of likely N-dealkylation sites (N-methyl/N-ethyl adjacent to an activating group) is 1. The van der Waals surface area contributed by atoms with Gasteiger partial charge in [0.15, 0.2) is 0 Å². The predicted molar refractivity (Wildman–Crippen MR) is 82.5 cm³/mol. The molecule has 0 aliphatic rings. The smallest absolute Gasteiger partial charge is 0.234 e. The summed E-state index contributed by atoms with van der Waals surface area (Å²) in [6, 6.07) is 8.13. The van der Waals surface area contributed by atoms with Crippen LogP contribution in [-0.4, -0.2) is 35.9 Å². The summed E-state index contributed by atoms with van der Waals surface area (Å²) in [6.07, 6.45) is 5.11. The molecule has 1 aromatic heterocycles. The standard InChI is InChI=1S/C15H17N3OS/c1-4-9-16-14(19)10-18(3)11(2)15-17-12-7-5-6-8-13(12)20-15/h1,5-8,11H,9-10H2,2-3H3,(H,16,19)/t11-/m1/s1. The Hall–Kier alpha value is -1.90. The molecule has 2 rings (SSSR count). The fraction of sp³-hybridized carbons (Fsp3) is 0.333. The average molecular weight is 287 g/mol. The first-order valence-corrected chi connectivity index (χ1v) is 7.19. The van der Waals surface area contributed by atoms with E-state index in [9.17, 15) is 4.79 Å². The number of nitrogens with one attached hydrogen (secondary N) is 1. The van der Waals surface area contributed by atoms with E-state index in [0.29, 0.717) is 6.54 Å². The number of aromatic nitrogens is 1. The molecule has 0 fully saturated rings. The Morgan fingerprint density at radius 1 is 1.55 bits per heavy atom. The van der Waals surface area contributed by atoms with Crippen molar-refractivity contribution in [3.63, 3.8) is 0 Å². The predicted octanol–water partition coefficient (Wildman–Crippen LogP) is 2.04. The van der Waals surface area contributed by atoms with Gasteiger partial charge < -0.3 is 5.32 Å². The number of benzene rings is 1. The molecular formula is C15H17N3OS. The second kappa shape index (κ2) is 6.51. The second-order valence-corrected chi connectivity index (χ2v) is 5.65. The topological polar surface area (TPSA) is 45.2 Å². The number of hydrogen-bond donors (Lipinski definition) is 1. The van der Waals surface area contributed by atoms with E-state index in [0.717, 1.165) is 10.5 Å². The number of hydrogen-bond acceptors (Lipinski definition) is 4. The van der Waals surface area contributed by atoms with Gasteiger partial charge in [0.25, 0.3) is 0 Å². The molecule has 0 radical (unpaired) electrons. The summed E-state index contributed by atoms with van der Waals surface area (Å²) in [5.41, 5.74) is 1.00. The summed E-state index contributed by atoms with van der Waals surface area (Å²) >= 11 is 1.66. The van der Waals surface area contributed by atoms with E-state index >= 15 is 0 Å². The number of amides is 1. The van der Waals surface area contributed by atoms with E-state index in [1.807, 2.05) is 37.1 Å². The zero-order valence-electron chi connectivity index (χ0n) is 11.6. The molecule has 1 N–H and O–H groups in total. The lowest BCUT2D eigenvalue weighted by molar-refractivity contribution is -0.122.